The van der Waals surface area contributed by atoms with Crippen LogP contribution in [-0.2, 0) is 16.1 Å². The first-order valence-corrected chi connectivity index (χ1v) is 9.00. The molecule has 0 bridgehead atoms. The maximum atomic E-state index is 12.8. The Labute approximate surface area is 164 Å². The predicted molar refractivity (Wildman–Crippen MR) is 107 cm³/mol. The van der Waals surface area contributed by atoms with Gasteiger partial charge < -0.3 is 15.0 Å². The average Bonchev–Trinajstić information content (AvgIpc) is 2.69. The summed E-state index contributed by atoms with van der Waals surface area (Å²) in [5.41, 5.74) is 0.923. The van der Waals surface area contributed by atoms with Gasteiger partial charge in [-0.15, -0.1) is 6.58 Å². The van der Waals surface area contributed by atoms with Crippen molar-refractivity contribution in [3.63, 3.8) is 0 Å². The maximum absolute atomic E-state index is 12.8. The summed E-state index contributed by atoms with van der Waals surface area (Å²) < 4.78 is 5.56. The molecule has 1 unspecified atom stereocenters. The summed E-state index contributed by atoms with van der Waals surface area (Å²) in [6, 6.07) is 15.8. The molecule has 6 heteroatoms. The molecule has 1 atom stereocenters. The highest BCUT2D eigenvalue weighted by molar-refractivity contribution is 6.32. The van der Waals surface area contributed by atoms with Crippen molar-refractivity contribution in [2.45, 2.75) is 19.5 Å². The number of carbonyl (C=O) groups is 2. The van der Waals surface area contributed by atoms with Crippen molar-refractivity contribution in [2.75, 3.05) is 13.2 Å². The molecule has 2 rings (SSSR count). The number of ether oxygens (including phenoxy) is 1. The van der Waals surface area contributed by atoms with E-state index in [2.05, 4.69) is 11.9 Å². The third kappa shape index (κ3) is 6.15. The molecule has 0 saturated carbocycles. The van der Waals surface area contributed by atoms with E-state index in [1.54, 1.807) is 37.3 Å². The summed E-state index contributed by atoms with van der Waals surface area (Å²) in [7, 11) is 0. The molecule has 2 amide bonds. The SMILES string of the molecule is C=CCNC(=O)C(C)N(Cc1ccccc1)C(=O)COc1ccccc1Cl. The van der Waals surface area contributed by atoms with Crippen molar-refractivity contribution < 1.29 is 14.3 Å². The predicted octanol–water partition coefficient (Wildman–Crippen LogP) is 3.44. The molecule has 0 spiro atoms. The van der Waals surface area contributed by atoms with Gasteiger partial charge in [0.2, 0.25) is 5.91 Å². The van der Waals surface area contributed by atoms with E-state index in [9.17, 15) is 9.59 Å². The quantitative estimate of drug-likeness (QED) is 0.671. The lowest BCUT2D eigenvalue weighted by atomic mass is 10.1. The highest BCUT2D eigenvalue weighted by atomic mass is 35.5. The van der Waals surface area contributed by atoms with Gasteiger partial charge in [0.1, 0.15) is 11.8 Å². The molecule has 0 aliphatic rings. The minimum absolute atomic E-state index is 0.213. The van der Waals surface area contributed by atoms with Gasteiger partial charge in [0, 0.05) is 13.1 Å². The molecule has 2 aromatic carbocycles. The Kier molecular flexibility index (Phi) is 7.89. The van der Waals surface area contributed by atoms with Crippen molar-refractivity contribution in [1.29, 1.82) is 0 Å². The Bertz CT molecular complexity index is 780. The van der Waals surface area contributed by atoms with Gasteiger partial charge in [-0.05, 0) is 24.6 Å². The highest BCUT2D eigenvalue weighted by Gasteiger charge is 2.26. The van der Waals surface area contributed by atoms with Crippen LogP contribution in [0.1, 0.15) is 12.5 Å². The van der Waals surface area contributed by atoms with E-state index in [0.717, 1.165) is 5.56 Å². The van der Waals surface area contributed by atoms with Crippen LogP contribution >= 0.6 is 11.6 Å². The van der Waals surface area contributed by atoms with Crippen molar-refractivity contribution in [3.8, 4) is 5.75 Å². The zero-order chi connectivity index (χ0) is 19.6. The van der Waals surface area contributed by atoms with Gasteiger partial charge in [-0.1, -0.05) is 60.1 Å². The van der Waals surface area contributed by atoms with Crippen molar-refractivity contribution in [1.82, 2.24) is 10.2 Å². The molecule has 1 N–H and O–H groups in total. The second-order valence-electron chi connectivity index (χ2n) is 5.94. The standard InChI is InChI=1S/C21H23ClN2O3/c1-3-13-23-21(26)16(2)24(14-17-9-5-4-6-10-17)20(25)15-27-19-12-8-7-11-18(19)22/h3-12,16H,1,13-15H2,2H3,(H,23,26). The van der Waals surface area contributed by atoms with E-state index in [-0.39, 0.29) is 18.4 Å². The van der Waals surface area contributed by atoms with Crippen LogP contribution in [0.3, 0.4) is 0 Å². The Morgan fingerprint density at radius 2 is 1.85 bits per heavy atom. The van der Waals surface area contributed by atoms with Crippen LogP contribution in [0.4, 0.5) is 0 Å². The minimum atomic E-state index is -0.660. The molecule has 0 fully saturated rings. The van der Waals surface area contributed by atoms with Crippen LogP contribution in [0.5, 0.6) is 5.75 Å². The van der Waals surface area contributed by atoms with Gasteiger partial charge in [-0.3, -0.25) is 9.59 Å². The highest BCUT2D eigenvalue weighted by Crippen LogP contribution is 2.23. The van der Waals surface area contributed by atoms with Gasteiger partial charge >= 0.3 is 0 Å². The normalized spacial score (nSPS) is 11.3. The number of halogens is 1. The fraction of sp³-hybridized carbons (Fsp3) is 0.238. The van der Waals surface area contributed by atoms with Crippen LogP contribution in [0.15, 0.2) is 67.3 Å². The van der Waals surface area contributed by atoms with E-state index in [4.69, 9.17) is 16.3 Å². The van der Waals surface area contributed by atoms with Gasteiger partial charge in [-0.2, -0.15) is 0 Å². The Hall–Kier alpha value is -2.79. The Morgan fingerprint density at radius 1 is 1.19 bits per heavy atom. The smallest absolute Gasteiger partial charge is 0.261 e. The zero-order valence-electron chi connectivity index (χ0n) is 15.2. The summed E-state index contributed by atoms with van der Waals surface area (Å²) in [6.07, 6.45) is 1.59. The molecular formula is C21H23ClN2O3. The molecule has 0 aromatic heterocycles. The molecule has 142 valence electrons. The number of nitrogens with one attached hydrogen (secondary N) is 1. The van der Waals surface area contributed by atoms with Gasteiger partial charge in [0.25, 0.3) is 5.91 Å². The number of para-hydroxylation sites is 1. The largest absolute Gasteiger partial charge is 0.482 e. The second kappa shape index (κ2) is 10.4. The van der Waals surface area contributed by atoms with Crippen molar-refractivity contribution >= 4 is 23.4 Å². The number of rotatable bonds is 9. The van der Waals surface area contributed by atoms with Gasteiger partial charge in [0.05, 0.1) is 5.02 Å². The molecular weight excluding hydrogens is 364 g/mol. The summed E-state index contributed by atoms with van der Waals surface area (Å²) in [6.45, 7) is 5.70. The molecule has 2 aromatic rings. The number of hydrogen-bond donors (Lipinski definition) is 1. The van der Waals surface area contributed by atoms with Crippen LogP contribution in [0, 0.1) is 0 Å². The van der Waals surface area contributed by atoms with E-state index >= 15 is 0 Å². The summed E-state index contributed by atoms with van der Waals surface area (Å²) in [4.78, 5) is 26.7. The number of amides is 2. The van der Waals surface area contributed by atoms with Crippen molar-refractivity contribution in [3.05, 3.63) is 77.8 Å². The molecule has 0 aliphatic heterocycles. The lowest BCUT2D eigenvalue weighted by Gasteiger charge is -2.28. The van der Waals surface area contributed by atoms with Crippen LogP contribution in [0.2, 0.25) is 5.02 Å². The second-order valence-corrected chi connectivity index (χ2v) is 6.34. The van der Waals surface area contributed by atoms with E-state index in [1.807, 2.05) is 30.3 Å². The monoisotopic (exact) mass is 386 g/mol. The first kappa shape index (κ1) is 20.5. The minimum Gasteiger partial charge on any atom is -0.482 e. The third-order valence-electron chi connectivity index (χ3n) is 3.97. The Balaban J connectivity index is 2.12. The number of carbonyl (C=O) groups excluding carboxylic acids is 2. The fourth-order valence-corrected chi connectivity index (χ4v) is 2.66. The van der Waals surface area contributed by atoms with Crippen LogP contribution < -0.4 is 10.1 Å². The molecule has 5 nitrogen and oxygen atoms in total. The van der Waals surface area contributed by atoms with E-state index in [1.165, 1.54) is 4.90 Å². The van der Waals surface area contributed by atoms with Gasteiger partial charge in [-0.25, -0.2) is 0 Å². The summed E-state index contributed by atoms with van der Waals surface area (Å²) >= 11 is 6.06. The lowest BCUT2D eigenvalue weighted by molar-refractivity contribution is -0.142. The number of benzene rings is 2. The lowest BCUT2D eigenvalue weighted by Crippen LogP contribution is -2.49. The van der Waals surface area contributed by atoms with Crippen molar-refractivity contribution in [2.24, 2.45) is 0 Å². The van der Waals surface area contributed by atoms with Crippen LogP contribution in [-0.4, -0.2) is 35.9 Å². The first-order chi connectivity index (χ1) is 13.0. The topological polar surface area (TPSA) is 58.6 Å². The molecule has 0 saturated heterocycles. The third-order valence-corrected chi connectivity index (χ3v) is 4.28. The van der Waals surface area contributed by atoms with E-state index in [0.29, 0.717) is 23.9 Å². The first-order valence-electron chi connectivity index (χ1n) is 8.62. The Morgan fingerprint density at radius 3 is 2.52 bits per heavy atom. The van der Waals surface area contributed by atoms with Crippen LogP contribution in [0.25, 0.3) is 0 Å². The average molecular weight is 387 g/mol. The zero-order valence-corrected chi connectivity index (χ0v) is 16.0. The fourth-order valence-electron chi connectivity index (χ4n) is 2.47. The molecule has 27 heavy (non-hydrogen) atoms. The maximum Gasteiger partial charge on any atom is 0.261 e. The summed E-state index contributed by atoms with van der Waals surface area (Å²) in [5.74, 6) is -0.132. The molecule has 0 aliphatic carbocycles. The number of nitrogens with zero attached hydrogens (tertiary/aromatic N) is 1. The van der Waals surface area contributed by atoms with E-state index < -0.39 is 6.04 Å². The summed E-state index contributed by atoms with van der Waals surface area (Å²) in [5, 5.41) is 3.15. The molecule has 0 radical (unpaired) electrons. The van der Waals surface area contributed by atoms with Gasteiger partial charge in [0.15, 0.2) is 6.61 Å². The molecule has 0 heterocycles. The number of hydrogen-bond acceptors (Lipinski definition) is 3.